The summed E-state index contributed by atoms with van der Waals surface area (Å²) in [6.07, 6.45) is 3.34. The van der Waals surface area contributed by atoms with Crippen molar-refractivity contribution in [3.63, 3.8) is 0 Å². The number of H-pyrrole nitrogens is 1. The molecule has 0 spiro atoms. The number of rotatable bonds is 5. The third-order valence-electron chi connectivity index (χ3n) is 5.35. The highest BCUT2D eigenvalue weighted by atomic mass is 16.4. The first-order valence-corrected chi connectivity index (χ1v) is 9.76. The van der Waals surface area contributed by atoms with Gasteiger partial charge >= 0.3 is 5.97 Å². The molecule has 0 unspecified atom stereocenters. The number of piperazine rings is 1. The van der Waals surface area contributed by atoms with Crippen LogP contribution in [-0.2, 0) is 11.2 Å². The highest BCUT2D eigenvalue weighted by Crippen LogP contribution is 2.24. The van der Waals surface area contributed by atoms with Crippen LogP contribution in [0.25, 0.3) is 11.4 Å². The van der Waals surface area contributed by atoms with Gasteiger partial charge in [0.1, 0.15) is 23.4 Å². The van der Waals surface area contributed by atoms with Crippen LogP contribution < -0.4 is 9.80 Å². The smallest absolute Gasteiger partial charge is 0.307 e. The summed E-state index contributed by atoms with van der Waals surface area (Å²) in [5.41, 5.74) is 4.25. The molecule has 4 rings (SSSR count). The number of aliphatic carboxylic acids is 1. The fourth-order valence-electron chi connectivity index (χ4n) is 3.67. The van der Waals surface area contributed by atoms with Crippen LogP contribution in [0.4, 0.5) is 11.5 Å². The molecule has 0 atom stereocenters. The lowest BCUT2D eigenvalue weighted by Gasteiger charge is -2.37. The van der Waals surface area contributed by atoms with E-state index in [4.69, 9.17) is 10.4 Å². The molecule has 1 aliphatic rings. The SMILES string of the molecule is Cc1cc(N2CCN(c3ccc(-c4ncc(C#N)[nH]4)cn3)CC2)ccc1CC(=O)O. The average molecular weight is 402 g/mol. The first-order chi connectivity index (χ1) is 14.5. The molecular formula is C22H22N6O2. The molecular weight excluding hydrogens is 380 g/mol. The van der Waals surface area contributed by atoms with Gasteiger partial charge in [0.05, 0.1) is 12.6 Å². The van der Waals surface area contributed by atoms with E-state index < -0.39 is 5.97 Å². The maximum atomic E-state index is 11.0. The molecule has 3 heterocycles. The molecule has 0 aliphatic carbocycles. The van der Waals surface area contributed by atoms with Gasteiger partial charge in [-0.15, -0.1) is 0 Å². The number of pyridine rings is 1. The number of benzene rings is 1. The summed E-state index contributed by atoms with van der Waals surface area (Å²) >= 11 is 0. The van der Waals surface area contributed by atoms with Gasteiger partial charge in [-0.1, -0.05) is 6.07 Å². The van der Waals surface area contributed by atoms with Crippen molar-refractivity contribution in [2.24, 2.45) is 0 Å². The summed E-state index contributed by atoms with van der Waals surface area (Å²) in [4.78, 5) is 27.2. The summed E-state index contributed by atoms with van der Waals surface area (Å²) in [6.45, 7) is 5.39. The molecule has 1 aromatic carbocycles. The molecule has 1 aliphatic heterocycles. The lowest BCUT2D eigenvalue weighted by atomic mass is 10.0. The maximum absolute atomic E-state index is 11.0. The van der Waals surface area contributed by atoms with Crippen molar-refractivity contribution in [1.82, 2.24) is 15.0 Å². The van der Waals surface area contributed by atoms with Gasteiger partial charge in [-0.2, -0.15) is 5.26 Å². The van der Waals surface area contributed by atoms with Crippen molar-refractivity contribution in [3.05, 3.63) is 59.5 Å². The Labute approximate surface area is 174 Å². The highest BCUT2D eigenvalue weighted by molar-refractivity contribution is 5.71. The summed E-state index contributed by atoms with van der Waals surface area (Å²) in [5, 5.41) is 17.9. The van der Waals surface area contributed by atoms with E-state index in [1.165, 1.54) is 6.20 Å². The van der Waals surface area contributed by atoms with Crippen LogP contribution in [0, 0.1) is 18.3 Å². The Kier molecular flexibility index (Phi) is 5.35. The van der Waals surface area contributed by atoms with Crippen LogP contribution in [-0.4, -0.2) is 52.2 Å². The predicted molar refractivity (Wildman–Crippen MR) is 113 cm³/mol. The van der Waals surface area contributed by atoms with Crippen LogP contribution >= 0.6 is 0 Å². The van der Waals surface area contributed by atoms with Crippen LogP contribution in [0.2, 0.25) is 0 Å². The van der Waals surface area contributed by atoms with Crippen LogP contribution in [0.1, 0.15) is 16.8 Å². The fraction of sp³-hybridized carbons (Fsp3) is 0.273. The zero-order valence-electron chi connectivity index (χ0n) is 16.7. The van der Waals surface area contributed by atoms with Gasteiger partial charge in [-0.05, 0) is 42.3 Å². The zero-order chi connectivity index (χ0) is 21.1. The Morgan fingerprint density at radius 2 is 1.90 bits per heavy atom. The number of hydrogen-bond acceptors (Lipinski definition) is 6. The normalized spacial score (nSPS) is 13.9. The number of nitrogens with one attached hydrogen (secondary N) is 1. The number of carbonyl (C=O) groups is 1. The van der Waals surface area contributed by atoms with Gasteiger partial charge in [0.2, 0.25) is 0 Å². The van der Waals surface area contributed by atoms with E-state index in [0.717, 1.165) is 54.4 Å². The number of nitrogens with zero attached hydrogens (tertiary/aromatic N) is 5. The van der Waals surface area contributed by atoms with Gasteiger partial charge in [0, 0.05) is 43.6 Å². The summed E-state index contributed by atoms with van der Waals surface area (Å²) in [5.74, 6) is 0.742. The molecule has 0 saturated carbocycles. The summed E-state index contributed by atoms with van der Waals surface area (Å²) < 4.78 is 0. The largest absolute Gasteiger partial charge is 0.481 e. The van der Waals surface area contributed by atoms with Gasteiger partial charge in [0.15, 0.2) is 0 Å². The van der Waals surface area contributed by atoms with Crippen molar-refractivity contribution in [2.45, 2.75) is 13.3 Å². The zero-order valence-corrected chi connectivity index (χ0v) is 16.7. The Morgan fingerprint density at radius 1 is 1.13 bits per heavy atom. The number of aryl methyl sites for hydroxylation is 1. The van der Waals surface area contributed by atoms with E-state index in [0.29, 0.717) is 11.5 Å². The molecule has 8 heteroatoms. The molecule has 30 heavy (non-hydrogen) atoms. The standard InChI is InChI=1S/C22H22N6O2/c1-15-10-19(4-2-16(15)11-21(29)30)27-6-8-28(9-7-27)20-5-3-17(13-24-20)22-25-14-18(12-23)26-22/h2-5,10,13-14H,6-9,11H2,1H3,(H,25,26)(H,29,30). The van der Waals surface area contributed by atoms with E-state index in [1.54, 1.807) is 6.20 Å². The fourth-order valence-corrected chi connectivity index (χ4v) is 3.67. The van der Waals surface area contributed by atoms with Crippen LogP contribution in [0.5, 0.6) is 0 Å². The van der Waals surface area contributed by atoms with Gasteiger partial charge in [-0.3, -0.25) is 4.79 Å². The van der Waals surface area contributed by atoms with E-state index >= 15 is 0 Å². The topological polar surface area (TPSA) is 109 Å². The number of anilines is 2. The molecule has 3 aromatic rings. The number of aromatic nitrogens is 3. The van der Waals surface area contributed by atoms with Crippen molar-refractivity contribution in [2.75, 3.05) is 36.0 Å². The van der Waals surface area contributed by atoms with Gasteiger partial charge in [0.25, 0.3) is 0 Å². The molecule has 0 bridgehead atoms. The lowest BCUT2D eigenvalue weighted by Crippen LogP contribution is -2.46. The molecule has 2 N–H and O–H groups in total. The Bertz CT molecular complexity index is 1090. The molecule has 1 fully saturated rings. The maximum Gasteiger partial charge on any atom is 0.307 e. The second kappa shape index (κ2) is 8.25. The summed E-state index contributed by atoms with van der Waals surface area (Å²) in [7, 11) is 0. The Morgan fingerprint density at radius 3 is 2.50 bits per heavy atom. The Balaban J connectivity index is 1.39. The second-order valence-electron chi connectivity index (χ2n) is 7.32. The van der Waals surface area contributed by atoms with E-state index in [9.17, 15) is 4.79 Å². The number of carboxylic acid groups (broad SMARTS) is 1. The molecule has 2 aromatic heterocycles. The van der Waals surface area contributed by atoms with Crippen molar-refractivity contribution in [1.29, 1.82) is 5.26 Å². The number of imidazole rings is 1. The highest BCUT2D eigenvalue weighted by Gasteiger charge is 2.19. The minimum atomic E-state index is -0.810. The molecule has 0 amide bonds. The first-order valence-electron chi connectivity index (χ1n) is 9.76. The monoisotopic (exact) mass is 402 g/mol. The minimum absolute atomic E-state index is 0.0530. The molecule has 0 radical (unpaired) electrons. The average Bonchev–Trinajstić information content (AvgIpc) is 3.25. The lowest BCUT2D eigenvalue weighted by molar-refractivity contribution is -0.136. The third kappa shape index (κ3) is 4.10. The van der Waals surface area contributed by atoms with Gasteiger partial charge < -0.3 is 19.9 Å². The first kappa shape index (κ1) is 19.5. The number of nitriles is 1. The van der Waals surface area contributed by atoms with Crippen molar-refractivity contribution in [3.8, 4) is 17.5 Å². The molecule has 8 nitrogen and oxygen atoms in total. The van der Waals surface area contributed by atoms with Crippen LogP contribution in [0.15, 0.2) is 42.7 Å². The summed E-state index contributed by atoms with van der Waals surface area (Å²) in [6, 6.07) is 12.0. The number of carboxylic acids is 1. The predicted octanol–water partition coefficient (Wildman–Crippen LogP) is 2.61. The van der Waals surface area contributed by atoms with E-state index in [2.05, 4.69) is 30.8 Å². The third-order valence-corrected chi connectivity index (χ3v) is 5.35. The van der Waals surface area contributed by atoms with E-state index in [-0.39, 0.29) is 6.42 Å². The Hall–Kier alpha value is -3.86. The van der Waals surface area contributed by atoms with Gasteiger partial charge in [-0.25, -0.2) is 9.97 Å². The van der Waals surface area contributed by atoms with E-state index in [1.807, 2.05) is 37.3 Å². The van der Waals surface area contributed by atoms with Crippen LogP contribution in [0.3, 0.4) is 0 Å². The molecule has 1 saturated heterocycles. The van der Waals surface area contributed by atoms with Crippen molar-refractivity contribution < 1.29 is 9.90 Å². The minimum Gasteiger partial charge on any atom is -0.481 e. The molecule has 152 valence electrons. The number of aromatic amines is 1. The quantitative estimate of drug-likeness (QED) is 0.675. The van der Waals surface area contributed by atoms with Crippen molar-refractivity contribution >= 4 is 17.5 Å². The number of hydrogen-bond donors (Lipinski definition) is 2. The second-order valence-corrected chi connectivity index (χ2v) is 7.32.